The molecule has 0 saturated carbocycles. The van der Waals surface area contributed by atoms with E-state index in [1.165, 1.54) is 45.2 Å². The van der Waals surface area contributed by atoms with Crippen LogP contribution in [0.15, 0.2) is 0 Å². The van der Waals surface area contributed by atoms with Crippen LogP contribution in [0.3, 0.4) is 0 Å². The second-order valence-corrected chi connectivity index (χ2v) is 4.24. The fraction of sp³-hybridized carbons (Fsp3) is 1.00. The molecule has 0 spiro atoms. The first-order valence-corrected chi connectivity index (χ1v) is 5.55. The predicted molar refractivity (Wildman–Crippen MR) is 54.3 cm³/mol. The first-order chi connectivity index (χ1) is 5.84. The molecule has 1 rings (SSSR count). The van der Waals surface area contributed by atoms with E-state index in [9.17, 15) is 0 Å². The first kappa shape index (κ1) is 10.0. The Morgan fingerprint density at radius 1 is 1.17 bits per heavy atom. The molecule has 0 radical (unpaired) electrons. The smallest absolute Gasteiger partial charge is 0.00174 e. The lowest BCUT2D eigenvalue weighted by Gasteiger charge is -2.12. The molecular formula is C11H23N. The average Bonchev–Trinajstić information content (AvgIpc) is 2.46. The second kappa shape index (κ2) is 5.58. The van der Waals surface area contributed by atoms with Crippen LogP contribution in [0.2, 0.25) is 0 Å². The SMILES string of the molecule is CCCCCCC1CNCC1C. The maximum absolute atomic E-state index is 3.46. The van der Waals surface area contributed by atoms with Crippen LogP contribution in [-0.4, -0.2) is 13.1 Å². The topological polar surface area (TPSA) is 12.0 Å². The van der Waals surface area contributed by atoms with Crippen molar-refractivity contribution in [3.63, 3.8) is 0 Å². The van der Waals surface area contributed by atoms with Crippen molar-refractivity contribution >= 4 is 0 Å². The monoisotopic (exact) mass is 169 g/mol. The van der Waals surface area contributed by atoms with E-state index >= 15 is 0 Å². The van der Waals surface area contributed by atoms with Gasteiger partial charge in [0.05, 0.1) is 0 Å². The molecule has 2 unspecified atom stereocenters. The first-order valence-electron chi connectivity index (χ1n) is 5.55. The largest absolute Gasteiger partial charge is 0.316 e. The van der Waals surface area contributed by atoms with Crippen LogP contribution < -0.4 is 5.32 Å². The summed E-state index contributed by atoms with van der Waals surface area (Å²) in [6.07, 6.45) is 7.13. The lowest BCUT2D eigenvalue weighted by Crippen LogP contribution is -2.09. The van der Waals surface area contributed by atoms with E-state index in [0.717, 1.165) is 11.8 Å². The molecule has 0 aromatic rings. The van der Waals surface area contributed by atoms with E-state index < -0.39 is 0 Å². The minimum absolute atomic E-state index is 0.923. The van der Waals surface area contributed by atoms with Gasteiger partial charge in [-0.15, -0.1) is 0 Å². The Morgan fingerprint density at radius 2 is 2.00 bits per heavy atom. The highest BCUT2D eigenvalue weighted by atomic mass is 14.9. The van der Waals surface area contributed by atoms with Gasteiger partial charge in [-0.05, 0) is 31.3 Å². The molecule has 72 valence electrons. The Morgan fingerprint density at radius 3 is 2.58 bits per heavy atom. The lowest BCUT2D eigenvalue weighted by atomic mass is 9.92. The summed E-state index contributed by atoms with van der Waals surface area (Å²) in [5, 5.41) is 3.46. The zero-order chi connectivity index (χ0) is 8.81. The summed E-state index contributed by atoms with van der Waals surface area (Å²) in [5.41, 5.74) is 0. The van der Waals surface area contributed by atoms with Gasteiger partial charge in [0.25, 0.3) is 0 Å². The zero-order valence-electron chi connectivity index (χ0n) is 8.60. The van der Waals surface area contributed by atoms with Crippen LogP contribution >= 0.6 is 0 Å². The zero-order valence-corrected chi connectivity index (χ0v) is 8.60. The fourth-order valence-corrected chi connectivity index (χ4v) is 2.08. The fourth-order valence-electron chi connectivity index (χ4n) is 2.08. The van der Waals surface area contributed by atoms with Crippen molar-refractivity contribution in [2.45, 2.75) is 46.0 Å². The molecular weight excluding hydrogens is 146 g/mol. The Bertz CT molecular complexity index is 112. The molecule has 0 aromatic heterocycles. The van der Waals surface area contributed by atoms with Crippen LogP contribution in [0, 0.1) is 11.8 Å². The average molecular weight is 169 g/mol. The Labute approximate surface area is 76.9 Å². The minimum atomic E-state index is 0.923. The number of rotatable bonds is 5. The number of unbranched alkanes of at least 4 members (excludes halogenated alkanes) is 3. The van der Waals surface area contributed by atoms with Gasteiger partial charge >= 0.3 is 0 Å². The van der Waals surface area contributed by atoms with Crippen molar-refractivity contribution in [2.24, 2.45) is 11.8 Å². The normalized spacial score (nSPS) is 29.5. The standard InChI is InChI=1S/C11H23N/c1-3-4-5-6-7-11-9-12-8-10(11)2/h10-12H,3-9H2,1-2H3. The van der Waals surface area contributed by atoms with Crippen LogP contribution in [0.1, 0.15) is 46.0 Å². The van der Waals surface area contributed by atoms with Gasteiger partial charge in [0.2, 0.25) is 0 Å². The van der Waals surface area contributed by atoms with Gasteiger partial charge < -0.3 is 5.32 Å². The highest BCUT2D eigenvalue weighted by molar-refractivity contribution is 4.77. The molecule has 0 aliphatic carbocycles. The Balaban J connectivity index is 1.98. The Kier molecular flexibility index (Phi) is 4.67. The summed E-state index contributed by atoms with van der Waals surface area (Å²) < 4.78 is 0. The highest BCUT2D eigenvalue weighted by Gasteiger charge is 2.21. The van der Waals surface area contributed by atoms with E-state index in [4.69, 9.17) is 0 Å². The van der Waals surface area contributed by atoms with Crippen molar-refractivity contribution in [1.29, 1.82) is 0 Å². The summed E-state index contributed by atoms with van der Waals surface area (Å²) in [6, 6.07) is 0. The maximum Gasteiger partial charge on any atom is -0.00174 e. The van der Waals surface area contributed by atoms with Gasteiger partial charge in [-0.2, -0.15) is 0 Å². The molecule has 1 heterocycles. The number of nitrogens with one attached hydrogen (secondary N) is 1. The summed E-state index contributed by atoms with van der Waals surface area (Å²) in [4.78, 5) is 0. The van der Waals surface area contributed by atoms with Gasteiger partial charge in [0.1, 0.15) is 0 Å². The van der Waals surface area contributed by atoms with Crippen molar-refractivity contribution in [1.82, 2.24) is 5.32 Å². The molecule has 0 amide bonds. The molecule has 1 nitrogen and oxygen atoms in total. The predicted octanol–water partition coefficient (Wildman–Crippen LogP) is 2.81. The number of hydrogen-bond acceptors (Lipinski definition) is 1. The van der Waals surface area contributed by atoms with Crippen molar-refractivity contribution in [3.05, 3.63) is 0 Å². The van der Waals surface area contributed by atoms with Crippen LogP contribution in [0.4, 0.5) is 0 Å². The quantitative estimate of drug-likeness (QED) is 0.624. The highest BCUT2D eigenvalue weighted by Crippen LogP contribution is 2.22. The van der Waals surface area contributed by atoms with Gasteiger partial charge in [-0.1, -0.05) is 39.5 Å². The molecule has 1 aliphatic rings. The molecule has 1 N–H and O–H groups in total. The summed E-state index contributed by atoms with van der Waals surface area (Å²) in [7, 11) is 0. The maximum atomic E-state index is 3.46. The molecule has 1 fully saturated rings. The van der Waals surface area contributed by atoms with Crippen LogP contribution in [0.25, 0.3) is 0 Å². The van der Waals surface area contributed by atoms with E-state index in [1.54, 1.807) is 0 Å². The number of hydrogen-bond donors (Lipinski definition) is 1. The molecule has 0 bridgehead atoms. The molecule has 0 aromatic carbocycles. The Hall–Kier alpha value is -0.0400. The van der Waals surface area contributed by atoms with E-state index in [1.807, 2.05) is 0 Å². The minimum Gasteiger partial charge on any atom is -0.316 e. The van der Waals surface area contributed by atoms with Crippen molar-refractivity contribution in [3.8, 4) is 0 Å². The molecule has 2 atom stereocenters. The summed E-state index contributed by atoms with van der Waals surface area (Å²) in [5.74, 6) is 1.90. The summed E-state index contributed by atoms with van der Waals surface area (Å²) >= 11 is 0. The van der Waals surface area contributed by atoms with Crippen LogP contribution in [0.5, 0.6) is 0 Å². The van der Waals surface area contributed by atoms with Crippen LogP contribution in [-0.2, 0) is 0 Å². The van der Waals surface area contributed by atoms with E-state index in [2.05, 4.69) is 19.2 Å². The van der Waals surface area contributed by atoms with Gasteiger partial charge in [0, 0.05) is 0 Å². The van der Waals surface area contributed by atoms with Gasteiger partial charge in [0.15, 0.2) is 0 Å². The molecule has 1 heteroatoms. The third-order valence-corrected chi connectivity index (χ3v) is 3.11. The van der Waals surface area contributed by atoms with Crippen molar-refractivity contribution in [2.75, 3.05) is 13.1 Å². The van der Waals surface area contributed by atoms with Crippen molar-refractivity contribution < 1.29 is 0 Å². The van der Waals surface area contributed by atoms with E-state index in [0.29, 0.717) is 0 Å². The van der Waals surface area contributed by atoms with E-state index in [-0.39, 0.29) is 0 Å². The van der Waals surface area contributed by atoms with Gasteiger partial charge in [-0.25, -0.2) is 0 Å². The third kappa shape index (κ3) is 3.14. The second-order valence-electron chi connectivity index (χ2n) is 4.24. The molecule has 1 aliphatic heterocycles. The molecule has 12 heavy (non-hydrogen) atoms. The third-order valence-electron chi connectivity index (χ3n) is 3.11. The summed E-state index contributed by atoms with van der Waals surface area (Å²) in [6.45, 7) is 7.18. The van der Waals surface area contributed by atoms with Gasteiger partial charge in [-0.3, -0.25) is 0 Å². The molecule has 1 saturated heterocycles. The lowest BCUT2D eigenvalue weighted by molar-refractivity contribution is 0.402.